The number of benzene rings is 2. The molecule has 4 rings (SSSR count). The topological polar surface area (TPSA) is 76.1 Å². The minimum absolute atomic E-state index is 0.127. The Morgan fingerprint density at radius 1 is 1.12 bits per heavy atom. The van der Waals surface area contributed by atoms with E-state index in [0.29, 0.717) is 31.7 Å². The summed E-state index contributed by atoms with van der Waals surface area (Å²) in [6.07, 6.45) is 3.49. The van der Waals surface area contributed by atoms with Crippen molar-refractivity contribution in [1.82, 2.24) is 4.90 Å². The molecule has 2 heterocycles. The molecule has 0 aliphatic carbocycles. The van der Waals surface area contributed by atoms with Crippen LogP contribution in [0.2, 0.25) is 0 Å². The Morgan fingerprint density at radius 3 is 2.62 bits per heavy atom. The van der Waals surface area contributed by atoms with Gasteiger partial charge >= 0.3 is 0 Å². The van der Waals surface area contributed by atoms with Crippen LogP contribution in [-0.2, 0) is 16.0 Å². The molecule has 32 heavy (non-hydrogen) atoms. The Balaban J connectivity index is 1.73. The lowest BCUT2D eigenvalue weighted by Gasteiger charge is -2.25. The van der Waals surface area contributed by atoms with Crippen molar-refractivity contribution in [2.45, 2.75) is 45.6 Å². The van der Waals surface area contributed by atoms with E-state index < -0.39 is 17.7 Å². The second-order valence-electron chi connectivity index (χ2n) is 8.18. The third-order valence-corrected chi connectivity index (χ3v) is 5.93. The van der Waals surface area contributed by atoms with Gasteiger partial charge in [-0.15, -0.1) is 0 Å². The molecule has 168 valence electrons. The summed E-state index contributed by atoms with van der Waals surface area (Å²) in [5.74, 6) is 0.161. The van der Waals surface area contributed by atoms with Crippen LogP contribution in [0.3, 0.4) is 0 Å². The monoisotopic (exact) mass is 435 g/mol. The molecule has 2 aliphatic rings. The van der Waals surface area contributed by atoms with Crippen LogP contribution in [0.4, 0.5) is 0 Å². The maximum absolute atomic E-state index is 13.0. The van der Waals surface area contributed by atoms with Crippen LogP contribution >= 0.6 is 0 Å². The molecular weight excluding hydrogens is 406 g/mol. The molecule has 0 saturated carbocycles. The third kappa shape index (κ3) is 4.09. The number of likely N-dealkylation sites (tertiary alicyclic amines) is 1. The smallest absolute Gasteiger partial charge is 0.295 e. The lowest BCUT2D eigenvalue weighted by molar-refractivity contribution is -0.139. The third-order valence-electron chi connectivity index (χ3n) is 5.93. The second kappa shape index (κ2) is 9.47. The first-order valence-electron chi connectivity index (χ1n) is 11.3. The zero-order valence-corrected chi connectivity index (χ0v) is 18.6. The number of aliphatic hydroxyl groups excluding tert-OH is 1. The van der Waals surface area contributed by atoms with Gasteiger partial charge in [-0.1, -0.05) is 32.4 Å². The van der Waals surface area contributed by atoms with Crippen molar-refractivity contribution in [2.24, 2.45) is 0 Å². The van der Waals surface area contributed by atoms with Gasteiger partial charge in [-0.25, -0.2) is 0 Å². The summed E-state index contributed by atoms with van der Waals surface area (Å²) in [6.45, 7) is 5.75. The molecule has 6 heteroatoms. The van der Waals surface area contributed by atoms with Gasteiger partial charge in [0, 0.05) is 18.5 Å². The molecule has 2 aromatic rings. The molecule has 0 aromatic heterocycles. The van der Waals surface area contributed by atoms with Gasteiger partial charge in [-0.2, -0.15) is 0 Å². The first-order valence-corrected chi connectivity index (χ1v) is 11.3. The molecule has 2 aliphatic heterocycles. The van der Waals surface area contributed by atoms with E-state index in [1.54, 1.807) is 17.0 Å². The van der Waals surface area contributed by atoms with Crippen LogP contribution in [0.25, 0.3) is 5.76 Å². The first kappa shape index (κ1) is 21.9. The number of nitrogens with zero attached hydrogens (tertiary/aromatic N) is 1. The highest BCUT2D eigenvalue weighted by Crippen LogP contribution is 2.40. The van der Waals surface area contributed by atoms with Crippen LogP contribution in [0.5, 0.6) is 11.5 Å². The number of hydrogen-bond acceptors (Lipinski definition) is 5. The highest BCUT2D eigenvalue weighted by molar-refractivity contribution is 6.46. The zero-order chi connectivity index (χ0) is 22.7. The van der Waals surface area contributed by atoms with Crippen LogP contribution in [0, 0.1) is 0 Å². The summed E-state index contributed by atoms with van der Waals surface area (Å²) in [5, 5.41) is 11.2. The number of aliphatic hydroxyl groups is 1. The molecule has 1 saturated heterocycles. The van der Waals surface area contributed by atoms with Crippen LogP contribution < -0.4 is 9.47 Å². The van der Waals surface area contributed by atoms with Crippen LogP contribution in [-0.4, -0.2) is 41.5 Å². The van der Waals surface area contributed by atoms with E-state index in [2.05, 4.69) is 6.92 Å². The predicted octanol–water partition coefficient (Wildman–Crippen LogP) is 4.63. The summed E-state index contributed by atoms with van der Waals surface area (Å²) in [4.78, 5) is 27.4. The van der Waals surface area contributed by atoms with E-state index in [1.807, 2.05) is 37.3 Å². The Bertz CT molecular complexity index is 1040. The van der Waals surface area contributed by atoms with E-state index >= 15 is 0 Å². The van der Waals surface area contributed by atoms with Crippen molar-refractivity contribution in [2.75, 3.05) is 19.8 Å². The lowest BCUT2D eigenvalue weighted by atomic mass is 9.94. The highest BCUT2D eigenvalue weighted by Gasteiger charge is 2.45. The minimum Gasteiger partial charge on any atom is -0.507 e. The highest BCUT2D eigenvalue weighted by atomic mass is 16.5. The Labute approximate surface area is 188 Å². The number of carbonyl (C=O) groups excluding carboxylic acids is 2. The number of ether oxygens (including phenoxy) is 2. The fourth-order valence-electron chi connectivity index (χ4n) is 4.27. The molecule has 0 radical (unpaired) electrons. The molecule has 1 fully saturated rings. The van der Waals surface area contributed by atoms with Crippen molar-refractivity contribution in [3.05, 3.63) is 64.7 Å². The molecule has 0 bridgehead atoms. The molecule has 1 amide bonds. The van der Waals surface area contributed by atoms with Crippen molar-refractivity contribution in [1.29, 1.82) is 0 Å². The van der Waals surface area contributed by atoms with Crippen molar-refractivity contribution in [3.63, 3.8) is 0 Å². The van der Waals surface area contributed by atoms with Gasteiger partial charge in [0.2, 0.25) is 0 Å². The van der Waals surface area contributed by atoms with E-state index in [9.17, 15) is 14.7 Å². The normalized spacial score (nSPS) is 19.2. The maximum Gasteiger partial charge on any atom is 0.295 e. The largest absolute Gasteiger partial charge is 0.507 e. The van der Waals surface area contributed by atoms with Crippen LogP contribution in [0.1, 0.15) is 55.8 Å². The van der Waals surface area contributed by atoms with Gasteiger partial charge in [0.25, 0.3) is 11.7 Å². The SMILES string of the molecule is CCCCOc1ccc(C2/C(=C(/O)c3ccc4c(c3)CCO4)C(=O)C(=O)N2CCC)cc1. The van der Waals surface area contributed by atoms with Gasteiger partial charge in [-0.05, 0) is 54.3 Å². The Kier molecular flexibility index (Phi) is 6.49. The fraction of sp³-hybridized carbons (Fsp3) is 0.385. The number of unbranched alkanes of at least 4 members (excludes halogenated alkanes) is 1. The molecule has 6 nitrogen and oxygen atoms in total. The standard InChI is InChI=1S/C26H29NO5/c1-3-5-14-31-20-9-6-17(7-10-20)23-22(25(29)26(30)27(23)13-4-2)24(28)19-8-11-21-18(16-19)12-15-32-21/h6-11,16,23,28H,3-5,12-15H2,1-2H3/b24-22-. The molecule has 1 atom stereocenters. The maximum atomic E-state index is 13.0. The Hall–Kier alpha value is -3.28. The first-order chi connectivity index (χ1) is 15.5. The summed E-state index contributed by atoms with van der Waals surface area (Å²) in [7, 11) is 0. The number of rotatable bonds is 8. The average molecular weight is 436 g/mol. The van der Waals surface area contributed by atoms with Crippen molar-refractivity contribution < 1.29 is 24.2 Å². The average Bonchev–Trinajstić information content (AvgIpc) is 3.37. The number of fused-ring (bicyclic) bond motifs is 1. The minimum atomic E-state index is -0.652. The number of carbonyl (C=O) groups is 2. The van der Waals surface area contributed by atoms with Gasteiger partial charge in [-0.3, -0.25) is 9.59 Å². The predicted molar refractivity (Wildman–Crippen MR) is 122 cm³/mol. The van der Waals surface area contributed by atoms with Gasteiger partial charge in [0.05, 0.1) is 24.8 Å². The van der Waals surface area contributed by atoms with E-state index in [-0.39, 0.29) is 11.3 Å². The lowest BCUT2D eigenvalue weighted by Crippen LogP contribution is -2.30. The number of amides is 1. The summed E-state index contributed by atoms with van der Waals surface area (Å²) in [6, 6.07) is 12.2. The molecule has 2 aromatic carbocycles. The van der Waals surface area contributed by atoms with E-state index in [0.717, 1.165) is 41.9 Å². The van der Waals surface area contributed by atoms with Gasteiger partial charge in [0.1, 0.15) is 17.3 Å². The molecule has 1 N–H and O–H groups in total. The summed E-state index contributed by atoms with van der Waals surface area (Å²) < 4.78 is 11.3. The quantitative estimate of drug-likeness (QED) is 0.283. The molecule has 1 unspecified atom stereocenters. The summed E-state index contributed by atoms with van der Waals surface area (Å²) >= 11 is 0. The number of hydrogen-bond donors (Lipinski definition) is 1. The van der Waals surface area contributed by atoms with E-state index in [1.165, 1.54) is 0 Å². The van der Waals surface area contributed by atoms with Crippen molar-refractivity contribution in [3.8, 4) is 11.5 Å². The van der Waals surface area contributed by atoms with Crippen molar-refractivity contribution >= 4 is 17.4 Å². The molecular formula is C26H29NO5. The van der Waals surface area contributed by atoms with E-state index in [4.69, 9.17) is 9.47 Å². The van der Waals surface area contributed by atoms with Crippen LogP contribution in [0.15, 0.2) is 48.0 Å². The zero-order valence-electron chi connectivity index (χ0n) is 18.6. The van der Waals surface area contributed by atoms with Gasteiger partial charge in [0.15, 0.2) is 0 Å². The Morgan fingerprint density at radius 2 is 1.91 bits per heavy atom. The summed E-state index contributed by atoms with van der Waals surface area (Å²) in [5.41, 5.74) is 2.41. The molecule has 0 spiro atoms. The second-order valence-corrected chi connectivity index (χ2v) is 8.18. The number of ketones is 1. The van der Waals surface area contributed by atoms with Gasteiger partial charge < -0.3 is 19.5 Å². The fourth-order valence-corrected chi connectivity index (χ4v) is 4.27. The number of Topliss-reactive ketones (excluding diaryl/α,β-unsaturated/α-hetero) is 1.